The monoisotopic (exact) mass is 141 g/mol. The van der Waals surface area contributed by atoms with Crippen molar-refractivity contribution in [3.05, 3.63) is 19.2 Å². The minimum atomic E-state index is 0.0295. The van der Waals surface area contributed by atoms with Gasteiger partial charge in [-0.1, -0.05) is 13.5 Å². The van der Waals surface area contributed by atoms with Gasteiger partial charge < -0.3 is 0 Å². The molecule has 0 aromatic rings. The van der Waals surface area contributed by atoms with Gasteiger partial charge in [0.25, 0.3) is 0 Å². The predicted octanol–water partition coefficient (Wildman–Crippen LogP) is 1.35. The van der Waals surface area contributed by atoms with E-state index >= 15 is 0 Å². The fraction of sp³-hybridized carbons (Fsp3) is 0.500. The molecule has 0 saturated carbocycles. The summed E-state index contributed by atoms with van der Waals surface area (Å²) in [5.74, 6) is 0.0295. The Bertz CT molecular complexity index is 138. The normalized spacial score (nSPS) is 11.1. The van der Waals surface area contributed by atoms with Crippen LogP contribution in [-0.2, 0) is 4.79 Å². The van der Waals surface area contributed by atoms with Crippen LogP contribution in [-0.4, -0.2) is 24.5 Å². The van der Waals surface area contributed by atoms with E-state index in [1.807, 2.05) is 27.6 Å². The van der Waals surface area contributed by atoms with Gasteiger partial charge in [0.1, 0.15) is 6.54 Å². The molecule has 0 heterocycles. The van der Waals surface area contributed by atoms with Crippen molar-refractivity contribution in [3.63, 3.8) is 0 Å². The Kier molecular flexibility index (Phi) is 3.30. The van der Waals surface area contributed by atoms with E-state index in [1.54, 1.807) is 0 Å². The van der Waals surface area contributed by atoms with E-state index in [-0.39, 0.29) is 5.91 Å². The lowest BCUT2D eigenvalue weighted by Gasteiger charge is -2.22. The third-order valence-corrected chi connectivity index (χ3v) is 1.38. The summed E-state index contributed by atoms with van der Waals surface area (Å²) in [6.45, 7) is 7.37. The van der Waals surface area contributed by atoms with E-state index in [0.717, 1.165) is 6.42 Å². The van der Waals surface area contributed by atoms with Gasteiger partial charge in [-0.3, -0.25) is 4.48 Å². The molecule has 0 rings (SSSR count). The number of hydrogen-bond acceptors (Lipinski definition) is 1. The lowest BCUT2D eigenvalue weighted by atomic mass is 10.3. The second kappa shape index (κ2) is 3.52. The Labute approximate surface area is 62.7 Å². The Morgan fingerprint density at radius 2 is 2.10 bits per heavy atom. The highest BCUT2D eigenvalue weighted by Crippen LogP contribution is 2.05. The zero-order valence-electron chi connectivity index (χ0n) is 6.92. The Balaban J connectivity index is 4.08. The number of amides is 1. The lowest BCUT2D eigenvalue weighted by molar-refractivity contribution is -0.780. The zero-order valence-corrected chi connectivity index (χ0v) is 6.92. The predicted molar refractivity (Wildman–Crippen MR) is 41.9 cm³/mol. The van der Waals surface area contributed by atoms with Gasteiger partial charge in [0, 0.05) is 12.5 Å². The first-order valence-electron chi connectivity index (χ1n) is 3.39. The van der Waals surface area contributed by atoms with Crippen molar-refractivity contribution in [1.29, 1.82) is 0 Å². The first kappa shape index (κ1) is 9.37. The molecule has 1 amide bonds. The quantitative estimate of drug-likeness (QED) is 0.428. The van der Waals surface area contributed by atoms with E-state index in [0.29, 0.717) is 4.48 Å². The van der Waals surface area contributed by atoms with Crippen LogP contribution in [0.2, 0.25) is 0 Å². The molecule has 0 spiro atoms. The number of hydrogen-bond donors (Lipinski definition) is 0. The van der Waals surface area contributed by atoms with Crippen LogP contribution in [0.4, 0.5) is 0 Å². The zero-order chi connectivity index (χ0) is 8.20. The fourth-order valence-electron chi connectivity index (χ4n) is 0.782. The van der Waals surface area contributed by atoms with Crippen LogP contribution in [0, 0.1) is 6.54 Å². The second-order valence-electron chi connectivity index (χ2n) is 2.67. The molecule has 0 aliphatic carbocycles. The number of carbonyl (C=O) groups excluding carboxylic acids is 1. The third-order valence-electron chi connectivity index (χ3n) is 1.38. The van der Waals surface area contributed by atoms with Crippen molar-refractivity contribution in [3.8, 4) is 0 Å². The van der Waals surface area contributed by atoms with Gasteiger partial charge in [-0.25, -0.2) is 4.79 Å². The minimum Gasteiger partial charge on any atom is -0.254 e. The van der Waals surface area contributed by atoms with E-state index < -0.39 is 0 Å². The summed E-state index contributed by atoms with van der Waals surface area (Å²) in [5.41, 5.74) is 0. The van der Waals surface area contributed by atoms with Crippen LogP contribution in [0.25, 0.3) is 0 Å². The smallest absolute Gasteiger partial charge is 0.254 e. The molecule has 0 unspecified atom stereocenters. The molecular formula is C8H15NO+. The average Bonchev–Trinajstić information content (AvgIpc) is 1.86. The van der Waals surface area contributed by atoms with E-state index in [4.69, 9.17) is 0 Å². The van der Waals surface area contributed by atoms with Crippen molar-refractivity contribution >= 4 is 5.91 Å². The standard InChI is InChI=1S/C8H15NO/c1-5-7-9(3,4)8(10)6-2/h6-7H,2,5H2,1,3-4H3/q+1. The van der Waals surface area contributed by atoms with Crippen molar-refractivity contribution < 1.29 is 9.28 Å². The average molecular weight is 141 g/mol. The van der Waals surface area contributed by atoms with Gasteiger partial charge in [-0.05, 0) is 0 Å². The number of likely N-dealkylation sites (N-methyl/N-ethyl adjacent to an activating group) is 1. The summed E-state index contributed by atoms with van der Waals surface area (Å²) in [7, 11) is 3.68. The molecular weight excluding hydrogens is 126 g/mol. The van der Waals surface area contributed by atoms with Crippen molar-refractivity contribution in [2.75, 3.05) is 14.1 Å². The molecule has 0 fully saturated rings. The van der Waals surface area contributed by atoms with Gasteiger partial charge in [-0.15, -0.1) is 0 Å². The SMILES string of the molecule is C=CC(=O)[N+](C)(C)[CH]CC. The molecule has 0 bridgehead atoms. The fourth-order valence-corrected chi connectivity index (χ4v) is 0.782. The highest BCUT2D eigenvalue weighted by molar-refractivity contribution is 5.80. The summed E-state index contributed by atoms with van der Waals surface area (Å²) in [5, 5.41) is 0. The Morgan fingerprint density at radius 1 is 1.60 bits per heavy atom. The molecule has 0 N–H and O–H groups in total. The highest BCUT2D eigenvalue weighted by atomic mass is 16.2. The first-order valence-corrected chi connectivity index (χ1v) is 3.39. The van der Waals surface area contributed by atoms with Crippen LogP contribution >= 0.6 is 0 Å². The molecule has 57 valence electrons. The number of nitrogens with zero attached hydrogens (tertiary/aromatic N) is 1. The molecule has 2 nitrogen and oxygen atoms in total. The maximum absolute atomic E-state index is 11.0. The van der Waals surface area contributed by atoms with Gasteiger partial charge >= 0.3 is 5.91 Å². The molecule has 10 heavy (non-hydrogen) atoms. The van der Waals surface area contributed by atoms with Crippen LogP contribution < -0.4 is 0 Å². The first-order chi connectivity index (χ1) is 4.54. The molecule has 0 aliphatic rings. The molecule has 0 aromatic carbocycles. The number of carbonyl (C=O) groups is 1. The second-order valence-corrected chi connectivity index (χ2v) is 2.67. The molecule has 2 heteroatoms. The number of rotatable bonds is 3. The maximum Gasteiger partial charge on any atom is 0.338 e. The van der Waals surface area contributed by atoms with Crippen LogP contribution in [0.15, 0.2) is 12.7 Å². The van der Waals surface area contributed by atoms with Crippen LogP contribution in [0.3, 0.4) is 0 Å². The lowest BCUT2D eigenvalue weighted by Crippen LogP contribution is -2.41. The molecule has 0 aliphatic heterocycles. The minimum absolute atomic E-state index is 0.0295. The highest BCUT2D eigenvalue weighted by Gasteiger charge is 2.22. The maximum atomic E-state index is 11.0. The van der Waals surface area contributed by atoms with E-state index in [2.05, 4.69) is 6.58 Å². The van der Waals surface area contributed by atoms with Crippen molar-refractivity contribution in [1.82, 2.24) is 0 Å². The largest absolute Gasteiger partial charge is 0.338 e. The van der Waals surface area contributed by atoms with Crippen molar-refractivity contribution in [2.24, 2.45) is 0 Å². The Morgan fingerprint density at radius 3 is 2.40 bits per heavy atom. The van der Waals surface area contributed by atoms with Gasteiger partial charge in [0.15, 0.2) is 0 Å². The summed E-state index contributed by atoms with van der Waals surface area (Å²) >= 11 is 0. The van der Waals surface area contributed by atoms with Crippen molar-refractivity contribution in [2.45, 2.75) is 13.3 Å². The molecule has 0 saturated heterocycles. The number of quaternary nitrogens is 1. The summed E-state index contributed by atoms with van der Waals surface area (Å²) < 4.78 is 0.292. The van der Waals surface area contributed by atoms with Gasteiger partial charge in [0.05, 0.1) is 14.1 Å². The van der Waals surface area contributed by atoms with E-state index in [1.165, 1.54) is 6.08 Å². The summed E-state index contributed by atoms with van der Waals surface area (Å²) in [6.07, 6.45) is 2.25. The third kappa shape index (κ3) is 2.31. The van der Waals surface area contributed by atoms with E-state index in [9.17, 15) is 4.79 Å². The topological polar surface area (TPSA) is 17.1 Å². The van der Waals surface area contributed by atoms with Crippen LogP contribution in [0.1, 0.15) is 13.3 Å². The molecule has 1 radical (unpaired) electrons. The van der Waals surface area contributed by atoms with Gasteiger partial charge in [0.2, 0.25) is 0 Å². The summed E-state index contributed by atoms with van der Waals surface area (Å²) in [6, 6.07) is 0. The summed E-state index contributed by atoms with van der Waals surface area (Å²) in [4.78, 5) is 11.0. The molecule has 0 aromatic heterocycles. The molecule has 0 atom stereocenters. The van der Waals surface area contributed by atoms with Crippen LogP contribution in [0.5, 0.6) is 0 Å². The van der Waals surface area contributed by atoms with Gasteiger partial charge in [-0.2, -0.15) is 0 Å². The Hall–Kier alpha value is -0.630.